The Labute approximate surface area is 119 Å². The fourth-order valence-corrected chi connectivity index (χ4v) is 2.32. The summed E-state index contributed by atoms with van der Waals surface area (Å²) in [5, 5.41) is 16.2. The fraction of sp³-hybridized carbons (Fsp3) is 0.214. The van der Waals surface area contributed by atoms with Crippen molar-refractivity contribution in [3.63, 3.8) is 0 Å². The van der Waals surface area contributed by atoms with Gasteiger partial charge in [0.15, 0.2) is 11.3 Å². The van der Waals surface area contributed by atoms with Crippen molar-refractivity contribution in [1.82, 2.24) is 15.3 Å². The second-order valence-corrected chi connectivity index (χ2v) is 4.82. The van der Waals surface area contributed by atoms with Gasteiger partial charge in [0.2, 0.25) is 5.65 Å². The molecule has 104 valence electrons. The van der Waals surface area contributed by atoms with Crippen LogP contribution in [0.1, 0.15) is 17.7 Å². The first-order valence-corrected chi connectivity index (χ1v) is 6.30. The zero-order valence-corrected chi connectivity index (χ0v) is 11.3. The Morgan fingerprint density at radius 1 is 1.43 bits per heavy atom. The zero-order valence-electron chi connectivity index (χ0n) is 11.3. The Morgan fingerprint density at radius 2 is 2.24 bits per heavy atom. The number of anilines is 1. The topological polar surface area (TPSA) is 119 Å². The number of allylic oxidation sites excluding steroid dienone is 4. The van der Waals surface area contributed by atoms with Gasteiger partial charge in [-0.1, -0.05) is 11.6 Å². The maximum Gasteiger partial charge on any atom is 0.226 e. The lowest BCUT2D eigenvalue weighted by molar-refractivity contribution is -0.114. The summed E-state index contributed by atoms with van der Waals surface area (Å²) in [5.41, 5.74) is 9.92. The van der Waals surface area contributed by atoms with Gasteiger partial charge in [-0.15, -0.1) is 0 Å². The number of ketones is 1. The number of carbonyl (C=O) groups excluding carboxylic acids is 1. The average Bonchev–Trinajstić information content (AvgIpc) is 2.92. The van der Waals surface area contributed by atoms with Crippen molar-refractivity contribution >= 4 is 22.6 Å². The highest BCUT2D eigenvalue weighted by atomic mass is 16.6. The maximum absolute atomic E-state index is 11.8. The maximum atomic E-state index is 11.8. The van der Waals surface area contributed by atoms with E-state index in [9.17, 15) is 4.79 Å². The van der Waals surface area contributed by atoms with Crippen molar-refractivity contribution in [1.29, 1.82) is 5.26 Å². The van der Waals surface area contributed by atoms with Crippen LogP contribution >= 0.6 is 0 Å². The summed E-state index contributed by atoms with van der Waals surface area (Å²) in [4.78, 5) is 16.0. The molecule has 21 heavy (non-hydrogen) atoms. The summed E-state index contributed by atoms with van der Waals surface area (Å²) < 4.78 is 4.63. The number of hydrogen-bond donors (Lipinski definition) is 1. The molecule has 0 bridgehead atoms. The molecular weight excluding hydrogens is 270 g/mol. The molecule has 2 aromatic heterocycles. The molecule has 0 atom stereocenters. The third-order valence-electron chi connectivity index (χ3n) is 3.46. The first-order chi connectivity index (χ1) is 10.1. The predicted octanol–water partition coefficient (Wildman–Crippen LogP) is 1.40. The normalized spacial score (nSPS) is 14.8. The molecule has 2 heterocycles. The molecule has 0 saturated heterocycles. The number of nitriles is 1. The smallest absolute Gasteiger partial charge is 0.226 e. The van der Waals surface area contributed by atoms with E-state index >= 15 is 0 Å². The second kappa shape index (κ2) is 4.83. The molecule has 2 N–H and O–H groups in total. The number of aryl methyl sites for hydroxylation is 1. The lowest BCUT2D eigenvalue weighted by atomic mass is 9.92. The van der Waals surface area contributed by atoms with Gasteiger partial charge in [0.05, 0.1) is 11.3 Å². The van der Waals surface area contributed by atoms with Gasteiger partial charge in [-0.3, -0.25) is 4.79 Å². The van der Waals surface area contributed by atoms with E-state index < -0.39 is 0 Å². The van der Waals surface area contributed by atoms with Gasteiger partial charge < -0.3 is 5.73 Å². The minimum absolute atomic E-state index is 0.177. The molecule has 0 unspecified atom stereocenters. The molecule has 0 fully saturated rings. The molecule has 7 nitrogen and oxygen atoms in total. The Balaban J connectivity index is 2.00. The molecular formula is C14H11N5O2. The zero-order chi connectivity index (χ0) is 15.0. The third kappa shape index (κ3) is 2.17. The predicted molar refractivity (Wildman–Crippen MR) is 73.9 cm³/mol. The van der Waals surface area contributed by atoms with Crippen LogP contribution in [-0.2, 0) is 11.2 Å². The number of nitrogen functional groups attached to an aromatic ring is 1. The van der Waals surface area contributed by atoms with Gasteiger partial charge in [0, 0.05) is 17.7 Å². The van der Waals surface area contributed by atoms with Crippen molar-refractivity contribution in [3.05, 3.63) is 34.6 Å². The minimum Gasteiger partial charge on any atom is -0.396 e. The monoisotopic (exact) mass is 281 g/mol. The van der Waals surface area contributed by atoms with Crippen LogP contribution in [0.2, 0.25) is 0 Å². The first kappa shape index (κ1) is 13.0. The molecule has 1 aliphatic carbocycles. The van der Waals surface area contributed by atoms with E-state index in [4.69, 9.17) is 11.0 Å². The molecule has 3 rings (SSSR count). The molecule has 0 aliphatic heterocycles. The van der Waals surface area contributed by atoms with Crippen LogP contribution in [0.5, 0.6) is 0 Å². The summed E-state index contributed by atoms with van der Waals surface area (Å²) in [6, 6.07) is 1.88. The Bertz CT molecular complexity index is 854. The van der Waals surface area contributed by atoms with Crippen LogP contribution in [0, 0.1) is 18.3 Å². The van der Waals surface area contributed by atoms with Gasteiger partial charge in [0.25, 0.3) is 0 Å². The van der Waals surface area contributed by atoms with Crippen molar-refractivity contribution < 1.29 is 9.42 Å². The van der Waals surface area contributed by atoms with Crippen LogP contribution in [-0.4, -0.2) is 21.1 Å². The summed E-state index contributed by atoms with van der Waals surface area (Å²) in [7, 11) is 0. The highest BCUT2D eigenvalue weighted by molar-refractivity contribution is 6.02. The number of pyridine rings is 1. The van der Waals surface area contributed by atoms with E-state index in [0.29, 0.717) is 23.3 Å². The van der Waals surface area contributed by atoms with Crippen LogP contribution in [0.25, 0.3) is 11.2 Å². The Hall–Kier alpha value is -3.01. The van der Waals surface area contributed by atoms with E-state index in [1.165, 1.54) is 6.08 Å². The number of fused-ring (bicyclic) bond motifs is 1. The van der Waals surface area contributed by atoms with Crippen molar-refractivity contribution in [2.45, 2.75) is 19.8 Å². The molecule has 2 aromatic rings. The third-order valence-corrected chi connectivity index (χ3v) is 3.46. The van der Waals surface area contributed by atoms with E-state index in [1.54, 1.807) is 6.08 Å². The van der Waals surface area contributed by atoms with Crippen molar-refractivity contribution in [2.75, 3.05) is 5.73 Å². The molecule has 0 saturated carbocycles. The molecule has 1 aliphatic rings. The van der Waals surface area contributed by atoms with E-state index in [0.717, 1.165) is 16.8 Å². The summed E-state index contributed by atoms with van der Waals surface area (Å²) in [6.45, 7) is 1.82. The average molecular weight is 281 g/mol. The minimum atomic E-state index is -0.177. The number of hydrogen-bond acceptors (Lipinski definition) is 7. The van der Waals surface area contributed by atoms with Gasteiger partial charge in [-0.25, -0.2) is 9.61 Å². The molecule has 7 heteroatoms. The number of nitrogens with zero attached hydrogens (tertiary/aromatic N) is 4. The highest BCUT2D eigenvalue weighted by Crippen LogP contribution is 2.27. The Morgan fingerprint density at radius 3 is 2.95 bits per heavy atom. The molecule has 0 aromatic carbocycles. The number of carbonyl (C=O) groups is 1. The number of Topliss-reactive ketones (excluding diaryl/α,β-unsaturated/α-hetero) is 1. The largest absolute Gasteiger partial charge is 0.396 e. The molecule has 0 amide bonds. The fourth-order valence-electron chi connectivity index (χ4n) is 2.32. The lowest BCUT2D eigenvalue weighted by Gasteiger charge is -2.13. The summed E-state index contributed by atoms with van der Waals surface area (Å²) in [6.07, 6.45) is 4.02. The van der Waals surface area contributed by atoms with E-state index in [1.807, 2.05) is 13.0 Å². The van der Waals surface area contributed by atoms with Crippen molar-refractivity contribution in [3.8, 4) is 6.07 Å². The van der Waals surface area contributed by atoms with E-state index in [2.05, 4.69) is 19.9 Å². The first-order valence-electron chi connectivity index (χ1n) is 6.30. The summed E-state index contributed by atoms with van der Waals surface area (Å²) in [5.74, 6) is -0.177. The van der Waals surface area contributed by atoms with Crippen LogP contribution < -0.4 is 5.73 Å². The SMILES string of the molecule is Cc1nc2nonc2c(N)c1CC1=CC=C(C#N)C(=O)C1. The number of rotatable bonds is 2. The van der Waals surface area contributed by atoms with Crippen LogP contribution in [0.4, 0.5) is 5.69 Å². The molecule has 0 radical (unpaired) electrons. The summed E-state index contributed by atoms with van der Waals surface area (Å²) >= 11 is 0. The highest BCUT2D eigenvalue weighted by Gasteiger charge is 2.19. The van der Waals surface area contributed by atoms with Gasteiger partial charge in [-0.2, -0.15) is 5.26 Å². The Kier molecular flexibility index (Phi) is 2.99. The lowest BCUT2D eigenvalue weighted by Crippen LogP contribution is -2.10. The van der Waals surface area contributed by atoms with Crippen LogP contribution in [0.3, 0.4) is 0 Å². The van der Waals surface area contributed by atoms with Gasteiger partial charge >= 0.3 is 0 Å². The van der Waals surface area contributed by atoms with Crippen LogP contribution in [0.15, 0.2) is 27.9 Å². The van der Waals surface area contributed by atoms with Crippen molar-refractivity contribution in [2.24, 2.45) is 0 Å². The molecule has 0 spiro atoms. The number of nitrogens with two attached hydrogens (primary N) is 1. The standard InChI is InChI=1S/C14H11N5O2/c1-7-10(12(16)13-14(17-7)19-21-18-13)4-8-2-3-9(6-15)11(20)5-8/h2-3H,4-5,16H2,1H3. The quantitative estimate of drug-likeness (QED) is 0.883. The number of aromatic nitrogens is 3. The van der Waals surface area contributed by atoms with Gasteiger partial charge in [-0.05, 0) is 29.7 Å². The van der Waals surface area contributed by atoms with E-state index in [-0.39, 0.29) is 17.8 Å². The van der Waals surface area contributed by atoms with Gasteiger partial charge in [0.1, 0.15) is 6.07 Å². The second-order valence-electron chi connectivity index (χ2n) is 4.82.